The van der Waals surface area contributed by atoms with Crippen LogP contribution in [0.2, 0.25) is 0 Å². The fraction of sp³-hybridized carbons (Fsp3) is 0.273. The van der Waals surface area contributed by atoms with Crippen LogP contribution in [0.5, 0.6) is 0 Å². The van der Waals surface area contributed by atoms with Gasteiger partial charge in [-0.25, -0.2) is 0 Å². The van der Waals surface area contributed by atoms with Gasteiger partial charge in [0.1, 0.15) is 5.58 Å². The highest BCUT2D eigenvalue weighted by Gasteiger charge is 2.22. The van der Waals surface area contributed by atoms with Gasteiger partial charge in [-0.15, -0.1) is 0 Å². The van der Waals surface area contributed by atoms with Crippen LogP contribution >= 0.6 is 0 Å². The first kappa shape index (κ1) is 18.4. The Bertz CT molecular complexity index is 1020. The van der Waals surface area contributed by atoms with Crippen LogP contribution in [0.4, 0.5) is 0 Å². The molecule has 2 heterocycles. The van der Waals surface area contributed by atoms with Crippen LogP contribution in [0, 0.1) is 0 Å². The zero-order valence-corrected chi connectivity index (χ0v) is 15.5. The normalized spacial score (nSPS) is 17.5. The summed E-state index contributed by atoms with van der Waals surface area (Å²) in [6, 6.07) is 18.4. The molecule has 6 heteroatoms. The van der Waals surface area contributed by atoms with Gasteiger partial charge in [-0.3, -0.25) is 14.5 Å². The maximum atomic E-state index is 12.4. The van der Waals surface area contributed by atoms with Crippen molar-refractivity contribution in [1.82, 2.24) is 10.2 Å². The molecule has 1 aliphatic heterocycles. The number of ether oxygens (including phenoxy) is 1. The van der Waals surface area contributed by atoms with E-state index in [2.05, 4.69) is 22.3 Å². The van der Waals surface area contributed by atoms with Gasteiger partial charge in [0.05, 0.1) is 18.1 Å². The van der Waals surface area contributed by atoms with Gasteiger partial charge in [-0.2, -0.15) is 0 Å². The molecular formula is C22H22N2O4. The number of hydrogen-bond acceptors (Lipinski definition) is 5. The molecule has 1 saturated heterocycles. The van der Waals surface area contributed by atoms with Crippen molar-refractivity contribution in [3.05, 3.63) is 82.2 Å². The summed E-state index contributed by atoms with van der Waals surface area (Å²) >= 11 is 0. The lowest BCUT2D eigenvalue weighted by Gasteiger charge is -2.33. The Morgan fingerprint density at radius 2 is 1.89 bits per heavy atom. The van der Waals surface area contributed by atoms with E-state index in [9.17, 15) is 9.59 Å². The maximum absolute atomic E-state index is 12.4. The van der Waals surface area contributed by atoms with Gasteiger partial charge in [-0.1, -0.05) is 42.5 Å². The highest BCUT2D eigenvalue weighted by Crippen LogP contribution is 2.13. The number of benzene rings is 2. The van der Waals surface area contributed by atoms with Crippen molar-refractivity contribution >= 4 is 16.9 Å². The maximum Gasteiger partial charge on any atom is 0.287 e. The quantitative estimate of drug-likeness (QED) is 0.738. The topological polar surface area (TPSA) is 71.8 Å². The third kappa shape index (κ3) is 4.30. The third-order valence-corrected chi connectivity index (χ3v) is 4.82. The van der Waals surface area contributed by atoms with Gasteiger partial charge in [-0.05, 0) is 17.7 Å². The minimum atomic E-state index is -0.411. The molecule has 1 unspecified atom stereocenters. The summed E-state index contributed by atoms with van der Waals surface area (Å²) in [5, 5.41) is 3.29. The third-order valence-electron chi connectivity index (χ3n) is 4.82. The van der Waals surface area contributed by atoms with Crippen molar-refractivity contribution in [2.75, 3.05) is 26.2 Å². The molecule has 1 N–H and O–H groups in total. The first-order valence-electron chi connectivity index (χ1n) is 9.38. The summed E-state index contributed by atoms with van der Waals surface area (Å²) in [7, 11) is 0. The predicted molar refractivity (Wildman–Crippen MR) is 106 cm³/mol. The van der Waals surface area contributed by atoms with E-state index in [4.69, 9.17) is 9.15 Å². The molecule has 1 aromatic heterocycles. The van der Waals surface area contributed by atoms with Gasteiger partial charge in [0.25, 0.3) is 5.91 Å². The smallest absolute Gasteiger partial charge is 0.287 e. The number of amides is 1. The second kappa shape index (κ2) is 8.37. The SMILES string of the molecule is O=C(NCC1CN(Cc2ccccc2)CCO1)c1cc(=O)c2ccccc2o1. The van der Waals surface area contributed by atoms with Crippen LogP contribution < -0.4 is 10.7 Å². The fourth-order valence-corrected chi connectivity index (χ4v) is 3.40. The van der Waals surface area contributed by atoms with Crippen molar-refractivity contribution in [2.24, 2.45) is 0 Å². The van der Waals surface area contributed by atoms with E-state index in [1.807, 2.05) is 18.2 Å². The number of carbonyl (C=O) groups excluding carboxylic acids is 1. The highest BCUT2D eigenvalue weighted by molar-refractivity contribution is 5.93. The van der Waals surface area contributed by atoms with Crippen LogP contribution in [0.1, 0.15) is 16.1 Å². The Labute approximate surface area is 162 Å². The Morgan fingerprint density at radius 1 is 1.11 bits per heavy atom. The number of carbonyl (C=O) groups is 1. The summed E-state index contributed by atoms with van der Waals surface area (Å²) in [4.78, 5) is 26.9. The van der Waals surface area contributed by atoms with Crippen LogP contribution in [-0.2, 0) is 11.3 Å². The summed E-state index contributed by atoms with van der Waals surface area (Å²) in [5.41, 5.74) is 1.43. The number of fused-ring (bicyclic) bond motifs is 1. The Kier molecular flexibility index (Phi) is 5.50. The van der Waals surface area contributed by atoms with Gasteiger partial charge in [0.15, 0.2) is 11.2 Å². The minimum absolute atomic E-state index is 0.0145. The molecule has 0 bridgehead atoms. The molecule has 1 atom stereocenters. The molecule has 0 aliphatic carbocycles. The van der Waals surface area contributed by atoms with Crippen LogP contribution in [0.25, 0.3) is 11.0 Å². The molecule has 6 nitrogen and oxygen atoms in total. The Hall–Kier alpha value is -2.96. The van der Waals surface area contributed by atoms with Gasteiger partial charge in [0, 0.05) is 32.2 Å². The molecule has 1 fully saturated rings. The lowest BCUT2D eigenvalue weighted by atomic mass is 10.2. The van der Waals surface area contributed by atoms with Crippen LogP contribution in [-0.4, -0.2) is 43.2 Å². The standard InChI is InChI=1S/C22H22N2O4/c25-19-12-21(28-20-9-5-4-8-18(19)20)22(26)23-13-17-15-24(10-11-27-17)14-16-6-2-1-3-7-16/h1-9,12,17H,10-11,13-15H2,(H,23,26). The van der Waals surface area contributed by atoms with Crippen LogP contribution in [0.15, 0.2) is 69.9 Å². The largest absolute Gasteiger partial charge is 0.451 e. The Morgan fingerprint density at radius 3 is 2.75 bits per heavy atom. The predicted octanol–water partition coefficient (Wildman–Crippen LogP) is 2.42. The molecule has 2 aromatic carbocycles. The lowest BCUT2D eigenvalue weighted by Crippen LogP contribution is -2.47. The highest BCUT2D eigenvalue weighted by atomic mass is 16.5. The van der Waals surface area contributed by atoms with E-state index in [1.165, 1.54) is 11.6 Å². The van der Waals surface area contributed by atoms with Gasteiger partial charge >= 0.3 is 0 Å². The molecule has 0 spiro atoms. The summed E-state index contributed by atoms with van der Waals surface area (Å²) in [6.07, 6.45) is -0.103. The second-order valence-corrected chi connectivity index (χ2v) is 6.89. The molecule has 1 amide bonds. The van der Waals surface area contributed by atoms with E-state index >= 15 is 0 Å². The van der Waals surface area contributed by atoms with Crippen molar-refractivity contribution < 1.29 is 13.9 Å². The summed E-state index contributed by atoms with van der Waals surface area (Å²) in [5.74, 6) is -0.396. The molecule has 0 saturated carbocycles. The number of hydrogen-bond donors (Lipinski definition) is 1. The summed E-state index contributed by atoms with van der Waals surface area (Å²) < 4.78 is 11.4. The monoisotopic (exact) mass is 378 g/mol. The first-order valence-corrected chi connectivity index (χ1v) is 9.38. The first-order chi connectivity index (χ1) is 13.7. The lowest BCUT2D eigenvalue weighted by molar-refractivity contribution is -0.0293. The van der Waals surface area contributed by atoms with E-state index in [0.717, 1.165) is 19.6 Å². The van der Waals surface area contributed by atoms with Crippen molar-refractivity contribution in [3.8, 4) is 0 Å². The number of rotatable bonds is 5. The van der Waals surface area contributed by atoms with E-state index in [1.54, 1.807) is 24.3 Å². The zero-order valence-electron chi connectivity index (χ0n) is 15.5. The van der Waals surface area contributed by atoms with E-state index in [-0.39, 0.29) is 17.3 Å². The molecule has 1 aliphatic rings. The number of para-hydroxylation sites is 1. The van der Waals surface area contributed by atoms with Crippen molar-refractivity contribution in [2.45, 2.75) is 12.6 Å². The van der Waals surface area contributed by atoms with Gasteiger partial charge in [0.2, 0.25) is 0 Å². The summed E-state index contributed by atoms with van der Waals surface area (Å²) in [6.45, 7) is 3.43. The molecule has 28 heavy (non-hydrogen) atoms. The molecular weight excluding hydrogens is 356 g/mol. The average molecular weight is 378 g/mol. The molecule has 3 aromatic rings. The number of nitrogens with one attached hydrogen (secondary N) is 1. The fourth-order valence-electron chi connectivity index (χ4n) is 3.40. The molecule has 144 valence electrons. The van der Waals surface area contributed by atoms with E-state index in [0.29, 0.717) is 24.1 Å². The number of morpholine rings is 1. The average Bonchev–Trinajstić information content (AvgIpc) is 2.73. The van der Waals surface area contributed by atoms with E-state index < -0.39 is 5.91 Å². The second-order valence-electron chi connectivity index (χ2n) is 6.89. The number of nitrogens with zero attached hydrogens (tertiary/aromatic N) is 1. The zero-order chi connectivity index (χ0) is 19.3. The molecule has 0 radical (unpaired) electrons. The van der Waals surface area contributed by atoms with Crippen LogP contribution in [0.3, 0.4) is 0 Å². The molecule has 4 rings (SSSR count). The van der Waals surface area contributed by atoms with Crippen molar-refractivity contribution in [3.63, 3.8) is 0 Å². The van der Waals surface area contributed by atoms with Gasteiger partial charge < -0.3 is 14.5 Å². The Balaban J connectivity index is 1.36. The minimum Gasteiger partial charge on any atom is -0.451 e. The van der Waals surface area contributed by atoms with Crippen molar-refractivity contribution in [1.29, 1.82) is 0 Å².